The second-order valence-electron chi connectivity index (χ2n) is 4.48. The Morgan fingerprint density at radius 3 is 2.55 bits per heavy atom. The molecule has 0 spiro atoms. The summed E-state index contributed by atoms with van der Waals surface area (Å²) >= 11 is 0. The molecule has 22 heavy (non-hydrogen) atoms. The molecule has 0 saturated carbocycles. The van der Waals surface area contributed by atoms with E-state index in [1.807, 2.05) is 6.92 Å². The second kappa shape index (κ2) is 7.06. The zero-order valence-corrected chi connectivity index (χ0v) is 12.9. The first-order valence-electron chi connectivity index (χ1n) is 7.29. The molecule has 0 aliphatic carbocycles. The Morgan fingerprint density at radius 1 is 1.23 bits per heavy atom. The lowest BCUT2D eigenvalue weighted by atomic mass is 10.1. The van der Waals surface area contributed by atoms with Crippen LogP contribution in [-0.4, -0.2) is 29.0 Å². The predicted octanol–water partition coefficient (Wildman–Crippen LogP) is 3.28. The molecular weight excluding hydrogens is 287 g/mol. The fraction of sp³-hybridized carbons (Fsp3) is 0.375. The standard InChI is InChI=1S/C16H19FN2O3/c1-4-19-14(11-9-7-8-10-12(11)17)13(16(20)22-6-3)15(18-19)21-5-2/h7-10H,4-6H2,1-3H3. The van der Waals surface area contributed by atoms with Crippen LogP contribution in [0.3, 0.4) is 0 Å². The van der Waals surface area contributed by atoms with E-state index in [4.69, 9.17) is 9.47 Å². The van der Waals surface area contributed by atoms with Crippen molar-refractivity contribution in [2.24, 2.45) is 0 Å². The van der Waals surface area contributed by atoms with E-state index in [0.717, 1.165) is 0 Å². The largest absolute Gasteiger partial charge is 0.476 e. The zero-order valence-electron chi connectivity index (χ0n) is 12.9. The van der Waals surface area contributed by atoms with Gasteiger partial charge in [0, 0.05) is 12.1 Å². The van der Waals surface area contributed by atoms with Crippen molar-refractivity contribution in [2.45, 2.75) is 27.3 Å². The van der Waals surface area contributed by atoms with Crippen molar-refractivity contribution in [3.63, 3.8) is 0 Å². The third kappa shape index (κ3) is 2.95. The fourth-order valence-corrected chi connectivity index (χ4v) is 2.22. The number of hydrogen-bond acceptors (Lipinski definition) is 4. The monoisotopic (exact) mass is 306 g/mol. The van der Waals surface area contributed by atoms with E-state index < -0.39 is 11.8 Å². The highest BCUT2D eigenvalue weighted by atomic mass is 19.1. The molecule has 0 aliphatic heterocycles. The zero-order chi connectivity index (χ0) is 16.1. The first-order chi connectivity index (χ1) is 10.6. The van der Waals surface area contributed by atoms with E-state index in [1.54, 1.807) is 36.7 Å². The van der Waals surface area contributed by atoms with Gasteiger partial charge in [0.25, 0.3) is 0 Å². The number of carbonyl (C=O) groups excluding carboxylic acids is 1. The van der Waals surface area contributed by atoms with Crippen LogP contribution in [0.5, 0.6) is 5.88 Å². The van der Waals surface area contributed by atoms with Gasteiger partial charge >= 0.3 is 5.97 Å². The summed E-state index contributed by atoms with van der Waals surface area (Å²) in [6, 6.07) is 6.26. The number of carbonyl (C=O) groups is 1. The van der Waals surface area contributed by atoms with Crippen molar-refractivity contribution in [2.75, 3.05) is 13.2 Å². The second-order valence-corrected chi connectivity index (χ2v) is 4.48. The van der Waals surface area contributed by atoms with Gasteiger partial charge in [-0.05, 0) is 32.9 Å². The topological polar surface area (TPSA) is 53.4 Å². The van der Waals surface area contributed by atoms with Gasteiger partial charge in [0.05, 0.1) is 18.9 Å². The Balaban J connectivity index is 2.69. The molecule has 1 heterocycles. The van der Waals surface area contributed by atoms with Crippen LogP contribution in [0.1, 0.15) is 31.1 Å². The SMILES string of the molecule is CCOC(=O)c1c(OCC)nn(CC)c1-c1ccccc1F. The lowest BCUT2D eigenvalue weighted by Crippen LogP contribution is -2.09. The van der Waals surface area contributed by atoms with Gasteiger partial charge in [-0.15, -0.1) is 5.10 Å². The van der Waals surface area contributed by atoms with Gasteiger partial charge in [0.2, 0.25) is 5.88 Å². The average Bonchev–Trinajstić information content (AvgIpc) is 2.87. The molecule has 1 aromatic carbocycles. The Kier molecular flexibility index (Phi) is 5.14. The number of nitrogens with zero attached hydrogens (tertiary/aromatic N) is 2. The maximum Gasteiger partial charge on any atom is 0.345 e. The Morgan fingerprint density at radius 2 is 1.95 bits per heavy atom. The van der Waals surface area contributed by atoms with Gasteiger partial charge in [-0.2, -0.15) is 0 Å². The number of aryl methyl sites for hydroxylation is 1. The maximum atomic E-state index is 14.2. The van der Waals surface area contributed by atoms with Gasteiger partial charge in [0.15, 0.2) is 0 Å². The number of aromatic nitrogens is 2. The van der Waals surface area contributed by atoms with Crippen LogP contribution in [0.25, 0.3) is 11.3 Å². The quantitative estimate of drug-likeness (QED) is 0.769. The smallest absolute Gasteiger partial charge is 0.345 e. The molecule has 0 radical (unpaired) electrons. The molecule has 6 heteroatoms. The molecule has 0 unspecified atom stereocenters. The van der Waals surface area contributed by atoms with Crippen molar-refractivity contribution < 1.29 is 18.7 Å². The van der Waals surface area contributed by atoms with E-state index >= 15 is 0 Å². The van der Waals surface area contributed by atoms with Crippen molar-refractivity contribution in [1.29, 1.82) is 0 Å². The van der Waals surface area contributed by atoms with Gasteiger partial charge in [-0.1, -0.05) is 12.1 Å². The van der Waals surface area contributed by atoms with Crippen molar-refractivity contribution in [1.82, 2.24) is 9.78 Å². The fourth-order valence-electron chi connectivity index (χ4n) is 2.22. The lowest BCUT2D eigenvalue weighted by molar-refractivity contribution is 0.0523. The van der Waals surface area contributed by atoms with Crippen LogP contribution in [0, 0.1) is 5.82 Å². The molecule has 0 atom stereocenters. The third-order valence-electron chi connectivity index (χ3n) is 3.11. The Labute approximate surface area is 128 Å². The van der Waals surface area contributed by atoms with Crippen LogP contribution < -0.4 is 4.74 Å². The average molecular weight is 306 g/mol. The number of esters is 1. The molecule has 0 amide bonds. The first-order valence-corrected chi connectivity index (χ1v) is 7.29. The van der Waals surface area contributed by atoms with Crippen LogP contribution in [0.15, 0.2) is 24.3 Å². The van der Waals surface area contributed by atoms with Gasteiger partial charge in [-0.25, -0.2) is 9.18 Å². The van der Waals surface area contributed by atoms with Crippen LogP contribution in [0.4, 0.5) is 4.39 Å². The van der Waals surface area contributed by atoms with E-state index in [-0.39, 0.29) is 18.1 Å². The van der Waals surface area contributed by atoms with Crippen LogP contribution >= 0.6 is 0 Å². The van der Waals surface area contributed by atoms with E-state index in [1.165, 1.54) is 6.07 Å². The minimum absolute atomic E-state index is 0.163. The number of benzene rings is 1. The lowest BCUT2D eigenvalue weighted by Gasteiger charge is -2.09. The molecule has 0 aliphatic rings. The van der Waals surface area contributed by atoms with Gasteiger partial charge < -0.3 is 9.47 Å². The van der Waals surface area contributed by atoms with E-state index in [0.29, 0.717) is 24.4 Å². The van der Waals surface area contributed by atoms with Crippen molar-refractivity contribution in [3.05, 3.63) is 35.6 Å². The van der Waals surface area contributed by atoms with Gasteiger partial charge in [-0.3, -0.25) is 4.68 Å². The normalized spacial score (nSPS) is 10.5. The molecule has 0 bridgehead atoms. The third-order valence-corrected chi connectivity index (χ3v) is 3.11. The Bertz CT molecular complexity index is 667. The van der Waals surface area contributed by atoms with Gasteiger partial charge in [0.1, 0.15) is 11.4 Å². The molecular formula is C16H19FN2O3. The minimum Gasteiger partial charge on any atom is -0.476 e. The summed E-state index contributed by atoms with van der Waals surface area (Å²) in [6.07, 6.45) is 0. The molecule has 0 saturated heterocycles. The number of rotatable bonds is 6. The summed E-state index contributed by atoms with van der Waals surface area (Å²) in [7, 11) is 0. The number of hydrogen-bond donors (Lipinski definition) is 0. The molecule has 118 valence electrons. The van der Waals surface area contributed by atoms with E-state index in [2.05, 4.69) is 5.10 Å². The molecule has 2 rings (SSSR count). The highest BCUT2D eigenvalue weighted by Crippen LogP contribution is 2.33. The maximum absolute atomic E-state index is 14.2. The van der Waals surface area contributed by atoms with E-state index in [9.17, 15) is 9.18 Å². The number of ether oxygens (including phenoxy) is 2. The molecule has 0 N–H and O–H groups in total. The summed E-state index contributed by atoms with van der Waals surface area (Å²) in [5.74, 6) is -0.823. The van der Waals surface area contributed by atoms with Crippen molar-refractivity contribution >= 4 is 5.97 Å². The molecule has 5 nitrogen and oxygen atoms in total. The molecule has 1 aromatic heterocycles. The highest BCUT2D eigenvalue weighted by Gasteiger charge is 2.28. The molecule has 2 aromatic rings. The summed E-state index contributed by atoms with van der Waals surface area (Å²) in [6.45, 7) is 6.42. The first kappa shape index (κ1) is 16.0. The predicted molar refractivity (Wildman–Crippen MR) is 80.4 cm³/mol. The van der Waals surface area contributed by atoms with Crippen molar-refractivity contribution in [3.8, 4) is 17.1 Å². The van der Waals surface area contributed by atoms with Crippen LogP contribution in [-0.2, 0) is 11.3 Å². The van der Waals surface area contributed by atoms with Crippen LogP contribution in [0.2, 0.25) is 0 Å². The molecule has 0 fully saturated rings. The Hall–Kier alpha value is -2.37. The minimum atomic E-state index is -0.566. The summed E-state index contributed by atoms with van der Waals surface area (Å²) in [5.41, 5.74) is 0.837. The summed E-state index contributed by atoms with van der Waals surface area (Å²) in [4.78, 5) is 12.3. The summed E-state index contributed by atoms with van der Waals surface area (Å²) < 4.78 is 26.2. The highest BCUT2D eigenvalue weighted by molar-refractivity contribution is 5.99. The summed E-state index contributed by atoms with van der Waals surface area (Å²) in [5, 5.41) is 4.27. The number of halogens is 1.